The molecule has 1 N–H and O–H groups in total. The predicted octanol–water partition coefficient (Wildman–Crippen LogP) is 3.83. The summed E-state index contributed by atoms with van der Waals surface area (Å²) in [6.45, 7) is 5.43. The lowest BCUT2D eigenvalue weighted by atomic mass is 10.1. The van der Waals surface area contributed by atoms with E-state index in [9.17, 15) is 18.0 Å². The van der Waals surface area contributed by atoms with Gasteiger partial charge in [-0.15, -0.1) is 0 Å². The number of hydrogen-bond acceptors (Lipinski definition) is 4. The summed E-state index contributed by atoms with van der Waals surface area (Å²) >= 11 is 6.05. The Bertz CT molecular complexity index is 1050. The summed E-state index contributed by atoms with van der Waals surface area (Å²) < 4.78 is 26.1. The highest BCUT2D eigenvalue weighted by Crippen LogP contribution is 2.23. The summed E-state index contributed by atoms with van der Waals surface area (Å²) in [6.07, 6.45) is 2.18. The first kappa shape index (κ1) is 26.7. The van der Waals surface area contributed by atoms with Crippen LogP contribution in [-0.4, -0.2) is 50.0 Å². The van der Waals surface area contributed by atoms with E-state index in [1.807, 2.05) is 51.1 Å². The van der Waals surface area contributed by atoms with Crippen LogP contribution in [0.4, 0.5) is 5.69 Å². The number of rotatable bonds is 11. The van der Waals surface area contributed by atoms with Crippen LogP contribution >= 0.6 is 11.6 Å². The van der Waals surface area contributed by atoms with Gasteiger partial charge in [0.25, 0.3) is 0 Å². The minimum Gasteiger partial charge on any atom is -0.352 e. The lowest BCUT2D eigenvalue weighted by Gasteiger charge is -2.33. The summed E-state index contributed by atoms with van der Waals surface area (Å²) in [4.78, 5) is 28.0. The van der Waals surface area contributed by atoms with Crippen molar-refractivity contribution in [2.24, 2.45) is 0 Å². The molecule has 7 nitrogen and oxygen atoms in total. The van der Waals surface area contributed by atoms with E-state index in [1.54, 1.807) is 18.2 Å². The lowest BCUT2D eigenvalue weighted by Crippen LogP contribution is -2.53. The standard InChI is InChI=1S/C24H32ClN3O4S/c1-5-18(3)26-24(30)22(6-2)27(16-19-11-8-7-9-12-19)23(29)17-28(33(4,31)32)21-14-10-13-20(25)15-21/h7-15,18,22H,5-6,16-17H2,1-4H3,(H,26,30)/t18-,22-/m1/s1. The number of nitrogens with one attached hydrogen (secondary N) is 1. The molecule has 2 amide bonds. The molecule has 2 atom stereocenters. The van der Waals surface area contributed by atoms with E-state index in [1.165, 1.54) is 11.0 Å². The number of hydrogen-bond donors (Lipinski definition) is 1. The van der Waals surface area contributed by atoms with Crippen molar-refractivity contribution in [1.29, 1.82) is 0 Å². The van der Waals surface area contributed by atoms with Gasteiger partial charge in [-0.1, -0.05) is 61.8 Å². The summed E-state index contributed by atoms with van der Waals surface area (Å²) in [5.41, 5.74) is 1.13. The van der Waals surface area contributed by atoms with Crippen molar-refractivity contribution in [3.05, 3.63) is 65.2 Å². The molecule has 2 aromatic rings. The number of nitrogens with zero attached hydrogens (tertiary/aromatic N) is 2. The van der Waals surface area contributed by atoms with Crippen LogP contribution in [0.5, 0.6) is 0 Å². The molecule has 180 valence electrons. The third-order valence-corrected chi connectivity index (χ3v) is 6.73. The van der Waals surface area contributed by atoms with Gasteiger partial charge < -0.3 is 10.2 Å². The molecule has 0 saturated heterocycles. The maximum atomic E-state index is 13.5. The van der Waals surface area contributed by atoms with E-state index in [0.29, 0.717) is 11.4 Å². The molecule has 0 aliphatic heterocycles. The maximum Gasteiger partial charge on any atom is 0.244 e. The summed E-state index contributed by atoms with van der Waals surface area (Å²) in [5.74, 6) is -0.736. The molecule has 0 heterocycles. The van der Waals surface area contributed by atoms with Crippen LogP contribution in [-0.2, 0) is 26.2 Å². The largest absolute Gasteiger partial charge is 0.352 e. The van der Waals surface area contributed by atoms with Crippen molar-refractivity contribution in [3.63, 3.8) is 0 Å². The molecule has 0 unspecified atom stereocenters. The molecule has 0 spiro atoms. The van der Waals surface area contributed by atoms with Crippen molar-refractivity contribution in [2.45, 2.75) is 52.2 Å². The molecule has 0 aliphatic rings. The van der Waals surface area contributed by atoms with Gasteiger partial charge in [-0.2, -0.15) is 0 Å². The second-order valence-electron chi connectivity index (χ2n) is 8.00. The highest BCUT2D eigenvalue weighted by Gasteiger charge is 2.32. The first-order chi connectivity index (χ1) is 15.6. The molecule has 9 heteroatoms. The number of carbonyl (C=O) groups is 2. The predicted molar refractivity (Wildman–Crippen MR) is 133 cm³/mol. The van der Waals surface area contributed by atoms with Gasteiger partial charge in [0.05, 0.1) is 11.9 Å². The molecule has 0 fully saturated rings. The summed E-state index contributed by atoms with van der Waals surface area (Å²) in [6, 6.07) is 14.8. The fraction of sp³-hybridized carbons (Fsp3) is 0.417. The van der Waals surface area contributed by atoms with Crippen molar-refractivity contribution in [1.82, 2.24) is 10.2 Å². The highest BCUT2D eigenvalue weighted by molar-refractivity contribution is 7.92. The Hall–Kier alpha value is -2.58. The Morgan fingerprint density at radius 1 is 1.03 bits per heavy atom. The Balaban J connectivity index is 2.41. The monoisotopic (exact) mass is 493 g/mol. The maximum absolute atomic E-state index is 13.5. The SMILES string of the molecule is CC[C@@H](C)NC(=O)[C@@H](CC)N(Cc1ccccc1)C(=O)CN(c1cccc(Cl)c1)S(C)(=O)=O. The third kappa shape index (κ3) is 7.75. The molecule has 2 aromatic carbocycles. The smallest absolute Gasteiger partial charge is 0.244 e. The third-order valence-electron chi connectivity index (χ3n) is 5.36. The molecule has 33 heavy (non-hydrogen) atoms. The van der Waals surface area contributed by atoms with E-state index in [4.69, 9.17) is 11.6 Å². The van der Waals surface area contributed by atoms with Gasteiger partial charge in [-0.25, -0.2) is 8.42 Å². The number of halogens is 1. The van der Waals surface area contributed by atoms with Crippen LogP contribution in [0.1, 0.15) is 39.2 Å². The molecular formula is C24H32ClN3O4S. The number of benzene rings is 2. The van der Waals surface area contributed by atoms with E-state index in [0.717, 1.165) is 22.5 Å². The van der Waals surface area contributed by atoms with Crippen molar-refractivity contribution < 1.29 is 18.0 Å². The van der Waals surface area contributed by atoms with E-state index >= 15 is 0 Å². The Morgan fingerprint density at radius 2 is 1.70 bits per heavy atom. The fourth-order valence-electron chi connectivity index (χ4n) is 3.39. The Morgan fingerprint density at radius 3 is 2.24 bits per heavy atom. The van der Waals surface area contributed by atoms with Gasteiger partial charge >= 0.3 is 0 Å². The summed E-state index contributed by atoms with van der Waals surface area (Å²) in [7, 11) is -3.79. The highest BCUT2D eigenvalue weighted by atomic mass is 35.5. The Kier molecular flexibility index (Phi) is 9.73. The van der Waals surface area contributed by atoms with Crippen molar-refractivity contribution in [3.8, 4) is 0 Å². The normalized spacial score (nSPS) is 13.1. The average Bonchev–Trinajstić information content (AvgIpc) is 2.76. The van der Waals surface area contributed by atoms with E-state index in [-0.39, 0.29) is 24.2 Å². The van der Waals surface area contributed by atoms with Crippen LogP contribution < -0.4 is 9.62 Å². The minimum absolute atomic E-state index is 0.0424. The first-order valence-corrected chi connectivity index (χ1v) is 13.2. The van der Waals surface area contributed by atoms with E-state index < -0.39 is 28.5 Å². The van der Waals surface area contributed by atoms with E-state index in [2.05, 4.69) is 5.32 Å². The van der Waals surface area contributed by atoms with Gasteiger partial charge in [-0.05, 0) is 43.5 Å². The van der Waals surface area contributed by atoms with Crippen LogP contribution in [0, 0.1) is 0 Å². The molecule has 0 radical (unpaired) electrons. The van der Waals surface area contributed by atoms with Crippen LogP contribution in [0.25, 0.3) is 0 Å². The minimum atomic E-state index is -3.79. The van der Waals surface area contributed by atoms with Gasteiger partial charge in [0.1, 0.15) is 12.6 Å². The summed E-state index contributed by atoms with van der Waals surface area (Å²) in [5, 5.41) is 3.30. The molecule has 0 aliphatic carbocycles. The second kappa shape index (κ2) is 12.0. The molecular weight excluding hydrogens is 462 g/mol. The number of amides is 2. The molecule has 0 saturated carbocycles. The van der Waals surface area contributed by atoms with Gasteiger partial charge in [-0.3, -0.25) is 13.9 Å². The quantitative estimate of drug-likeness (QED) is 0.515. The van der Waals surface area contributed by atoms with Crippen LogP contribution in [0.3, 0.4) is 0 Å². The van der Waals surface area contributed by atoms with Gasteiger partial charge in [0.15, 0.2) is 0 Å². The topological polar surface area (TPSA) is 86.8 Å². The zero-order valence-corrected chi connectivity index (χ0v) is 21.1. The zero-order chi connectivity index (χ0) is 24.6. The Labute approximate surface area is 201 Å². The van der Waals surface area contributed by atoms with Crippen molar-refractivity contribution in [2.75, 3.05) is 17.1 Å². The molecule has 0 bridgehead atoms. The first-order valence-electron chi connectivity index (χ1n) is 10.9. The van der Waals surface area contributed by atoms with Crippen molar-refractivity contribution >= 4 is 39.1 Å². The molecule has 2 rings (SSSR count). The van der Waals surface area contributed by atoms with Crippen LogP contribution in [0.2, 0.25) is 5.02 Å². The van der Waals surface area contributed by atoms with Gasteiger partial charge in [0, 0.05) is 17.6 Å². The number of anilines is 1. The lowest BCUT2D eigenvalue weighted by molar-refractivity contribution is -0.140. The van der Waals surface area contributed by atoms with Crippen LogP contribution in [0.15, 0.2) is 54.6 Å². The van der Waals surface area contributed by atoms with Gasteiger partial charge in [0.2, 0.25) is 21.8 Å². The number of carbonyl (C=O) groups excluding carboxylic acids is 2. The molecule has 0 aromatic heterocycles. The average molecular weight is 494 g/mol. The zero-order valence-electron chi connectivity index (χ0n) is 19.5. The number of sulfonamides is 1. The second-order valence-corrected chi connectivity index (χ2v) is 10.3. The fourth-order valence-corrected chi connectivity index (χ4v) is 4.41.